The summed E-state index contributed by atoms with van der Waals surface area (Å²) in [4.78, 5) is 16.8. The molecule has 1 aliphatic rings. The minimum atomic E-state index is -3.19. The van der Waals surface area contributed by atoms with Gasteiger partial charge in [-0.25, -0.2) is 23.4 Å². The highest BCUT2D eigenvalue weighted by molar-refractivity contribution is 7.89. The average Bonchev–Trinajstić information content (AvgIpc) is 3.11. The number of hydrogen-bond acceptors (Lipinski definition) is 6. The van der Waals surface area contributed by atoms with Crippen LogP contribution in [0.15, 0.2) is 30.5 Å². The quantitative estimate of drug-likeness (QED) is 0.693. The lowest BCUT2D eigenvalue weighted by atomic mass is 10.1. The van der Waals surface area contributed by atoms with Crippen molar-refractivity contribution in [2.24, 2.45) is 0 Å². The summed E-state index contributed by atoms with van der Waals surface area (Å²) in [6, 6.07) is 5.97. The zero-order valence-electron chi connectivity index (χ0n) is 15.8. The molecule has 28 heavy (non-hydrogen) atoms. The maximum atomic E-state index is 12.0. The van der Waals surface area contributed by atoms with Gasteiger partial charge in [0.1, 0.15) is 5.69 Å². The fourth-order valence-electron chi connectivity index (χ4n) is 3.28. The van der Waals surface area contributed by atoms with Crippen LogP contribution in [0.2, 0.25) is 0 Å². The smallest absolute Gasteiger partial charge is 0.214 e. The van der Waals surface area contributed by atoms with Crippen molar-refractivity contribution in [1.82, 2.24) is 24.2 Å². The van der Waals surface area contributed by atoms with Gasteiger partial charge in [-0.1, -0.05) is 12.1 Å². The Hall–Kier alpha value is -2.78. The number of aromatic amines is 1. The van der Waals surface area contributed by atoms with E-state index in [1.165, 1.54) is 4.31 Å². The monoisotopic (exact) mass is 402 g/mol. The maximum absolute atomic E-state index is 12.0. The van der Waals surface area contributed by atoms with Crippen LogP contribution in [0.25, 0.3) is 28.1 Å². The third-order valence-electron chi connectivity index (χ3n) is 4.92. The summed E-state index contributed by atoms with van der Waals surface area (Å²) >= 11 is 0. The highest BCUT2D eigenvalue weighted by Crippen LogP contribution is 2.27. The molecule has 2 aromatic heterocycles. The molecule has 0 bridgehead atoms. The molecule has 0 amide bonds. The molecule has 3 heterocycles. The number of nitrogens with one attached hydrogen (secondary N) is 1. The van der Waals surface area contributed by atoms with E-state index in [-0.39, 0.29) is 8.61 Å². The van der Waals surface area contributed by atoms with Crippen molar-refractivity contribution in [3.05, 3.63) is 41.7 Å². The Bertz CT molecular complexity index is 1190. The fraction of sp³-hybridized carbons (Fsp3) is 0.316. The number of aromatic nitrogens is 4. The summed E-state index contributed by atoms with van der Waals surface area (Å²) in [5.74, 6) is 0.971. The molecule has 0 saturated heterocycles. The Labute approximate surface area is 166 Å². The number of nitrogens with zero attached hydrogens (tertiary/aromatic N) is 4. The molecule has 150 valence electrons. The standard InChI is InChI=1S/C19H22N6O2S.2H2/c1-3-28(26,27)25-8-6-13(7-9-25)16-11-21-18(20)17(22-16)19-23-14-5-4-12(2)10-15(14)24-19;;/h4-6,10-11H,3,7-9H2,1-2H3,(H2,20,21)(H,23,24);2*1H. The number of sulfonamides is 1. The molecule has 0 aliphatic carbocycles. The fourth-order valence-corrected chi connectivity index (χ4v) is 4.32. The minimum Gasteiger partial charge on any atom is -0.382 e. The molecule has 0 saturated carbocycles. The first-order valence-corrected chi connectivity index (χ1v) is 10.7. The molecular weight excluding hydrogens is 376 g/mol. The minimum absolute atomic E-state index is 0. The first-order valence-electron chi connectivity index (χ1n) is 9.14. The molecule has 3 N–H and O–H groups in total. The third-order valence-corrected chi connectivity index (χ3v) is 6.77. The molecule has 0 atom stereocenters. The number of anilines is 1. The maximum Gasteiger partial charge on any atom is 0.214 e. The molecule has 0 radical (unpaired) electrons. The van der Waals surface area contributed by atoms with Gasteiger partial charge in [0.25, 0.3) is 0 Å². The lowest BCUT2D eigenvalue weighted by molar-refractivity contribution is 0.442. The van der Waals surface area contributed by atoms with E-state index in [1.807, 2.05) is 31.2 Å². The lowest BCUT2D eigenvalue weighted by Gasteiger charge is -2.25. The summed E-state index contributed by atoms with van der Waals surface area (Å²) in [7, 11) is -3.19. The number of imidazole rings is 1. The second-order valence-electron chi connectivity index (χ2n) is 6.83. The SMILES string of the molecule is CCS(=O)(=O)N1CC=C(c2cnc(N)c(-c3nc4ccc(C)cc4[nH]3)n2)CC1.[HH].[HH]. The summed E-state index contributed by atoms with van der Waals surface area (Å²) in [6.45, 7) is 4.46. The summed E-state index contributed by atoms with van der Waals surface area (Å²) in [5, 5.41) is 0. The van der Waals surface area contributed by atoms with Gasteiger partial charge in [0.05, 0.1) is 28.7 Å². The van der Waals surface area contributed by atoms with Crippen molar-refractivity contribution in [2.75, 3.05) is 24.6 Å². The number of fused-ring (bicyclic) bond motifs is 1. The van der Waals surface area contributed by atoms with Gasteiger partial charge in [-0.05, 0) is 43.5 Å². The Morgan fingerprint density at radius 1 is 1.32 bits per heavy atom. The second kappa shape index (κ2) is 6.99. The number of benzene rings is 1. The highest BCUT2D eigenvalue weighted by atomic mass is 32.2. The van der Waals surface area contributed by atoms with E-state index in [0.29, 0.717) is 42.5 Å². The van der Waals surface area contributed by atoms with Crippen molar-refractivity contribution in [3.8, 4) is 11.5 Å². The summed E-state index contributed by atoms with van der Waals surface area (Å²) in [5.41, 5.74) is 11.1. The Morgan fingerprint density at radius 3 is 2.86 bits per heavy atom. The number of nitrogens with two attached hydrogens (primary N) is 1. The van der Waals surface area contributed by atoms with Crippen molar-refractivity contribution in [1.29, 1.82) is 0 Å². The zero-order valence-corrected chi connectivity index (χ0v) is 16.6. The van der Waals surface area contributed by atoms with E-state index >= 15 is 0 Å². The topological polar surface area (TPSA) is 118 Å². The summed E-state index contributed by atoms with van der Waals surface area (Å²) < 4.78 is 25.6. The van der Waals surface area contributed by atoms with Gasteiger partial charge in [-0.15, -0.1) is 0 Å². The van der Waals surface area contributed by atoms with Crippen LogP contribution in [0.4, 0.5) is 5.82 Å². The van der Waals surface area contributed by atoms with Crippen LogP contribution in [0.5, 0.6) is 0 Å². The highest BCUT2D eigenvalue weighted by Gasteiger charge is 2.23. The van der Waals surface area contributed by atoms with Crippen LogP contribution < -0.4 is 5.73 Å². The average molecular weight is 403 g/mol. The largest absolute Gasteiger partial charge is 0.382 e. The normalized spacial score (nSPS) is 15.7. The Kier molecular flexibility index (Phi) is 4.64. The molecule has 0 fully saturated rings. The second-order valence-corrected chi connectivity index (χ2v) is 9.09. The van der Waals surface area contributed by atoms with Crippen LogP contribution in [0.3, 0.4) is 0 Å². The molecule has 1 aliphatic heterocycles. The van der Waals surface area contributed by atoms with Gasteiger partial charge >= 0.3 is 0 Å². The van der Waals surface area contributed by atoms with Crippen LogP contribution in [-0.2, 0) is 10.0 Å². The molecule has 3 aromatic rings. The van der Waals surface area contributed by atoms with Gasteiger partial charge in [0.15, 0.2) is 11.6 Å². The van der Waals surface area contributed by atoms with Gasteiger partial charge in [-0.3, -0.25) is 0 Å². The Morgan fingerprint density at radius 2 is 2.14 bits per heavy atom. The first kappa shape index (κ1) is 18.6. The van der Waals surface area contributed by atoms with Crippen molar-refractivity contribution >= 4 is 32.4 Å². The van der Waals surface area contributed by atoms with Crippen LogP contribution >= 0.6 is 0 Å². The van der Waals surface area contributed by atoms with Crippen molar-refractivity contribution < 1.29 is 11.3 Å². The summed E-state index contributed by atoms with van der Waals surface area (Å²) in [6.07, 6.45) is 4.10. The van der Waals surface area contributed by atoms with Gasteiger partial charge in [0, 0.05) is 15.9 Å². The number of rotatable bonds is 4. The first-order chi connectivity index (χ1) is 13.4. The van der Waals surface area contributed by atoms with E-state index in [2.05, 4.69) is 19.9 Å². The van der Waals surface area contributed by atoms with Crippen molar-refractivity contribution in [3.63, 3.8) is 0 Å². The van der Waals surface area contributed by atoms with Gasteiger partial charge in [-0.2, -0.15) is 4.31 Å². The number of hydrogen-bond donors (Lipinski definition) is 2. The van der Waals surface area contributed by atoms with Gasteiger partial charge < -0.3 is 10.7 Å². The lowest BCUT2D eigenvalue weighted by Crippen LogP contribution is -2.35. The van der Waals surface area contributed by atoms with Gasteiger partial charge in [0.2, 0.25) is 10.0 Å². The van der Waals surface area contributed by atoms with E-state index in [1.54, 1.807) is 13.1 Å². The molecule has 8 nitrogen and oxygen atoms in total. The van der Waals surface area contributed by atoms with Crippen LogP contribution in [0, 0.1) is 6.92 Å². The van der Waals surface area contributed by atoms with Crippen LogP contribution in [-0.4, -0.2) is 51.5 Å². The predicted octanol–water partition coefficient (Wildman–Crippen LogP) is 2.84. The number of H-pyrrole nitrogens is 1. The van der Waals surface area contributed by atoms with E-state index in [0.717, 1.165) is 22.2 Å². The Balaban J connectivity index is 0.00000160. The van der Waals surface area contributed by atoms with E-state index < -0.39 is 10.0 Å². The molecular formula is C19H26N6O2S. The molecule has 1 aromatic carbocycles. The van der Waals surface area contributed by atoms with E-state index in [9.17, 15) is 8.42 Å². The van der Waals surface area contributed by atoms with Crippen LogP contribution in [0.1, 0.15) is 27.5 Å². The molecule has 0 spiro atoms. The third kappa shape index (κ3) is 3.38. The number of aryl methyl sites for hydroxylation is 1. The molecule has 0 unspecified atom stereocenters. The molecule has 9 heteroatoms. The van der Waals surface area contributed by atoms with E-state index in [4.69, 9.17) is 5.73 Å². The molecule has 4 rings (SSSR count). The van der Waals surface area contributed by atoms with Crippen molar-refractivity contribution in [2.45, 2.75) is 20.3 Å². The predicted molar refractivity (Wildman–Crippen MR) is 114 cm³/mol. The number of nitrogen functional groups attached to an aromatic ring is 1. The zero-order chi connectivity index (χ0) is 19.9.